The van der Waals surface area contributed by atoms with Crippen LogP contribution < -0.4 is 0 Å². The summed E-state index contributed by atoms with van der Waals surface area (Å²) >= 11 is 0. The van der Waals surface area contributed by atoms with Crippen molar-refractivity contribution in [1.82, 2.24) is 0 Å². The zero-order chi connectivity index (χ0) is 10.9. The third kappa shape index (κ3) is 1.92. The van der Waals surface area contributed by atoms with E-state index in [0.717, 1.165) is 19.1 Å². The first-order valence-electron chi connectivity index (χ1n) is 3.70. The van der Waals surface area contributed by atoms with Crippen molar-refractivity contribution in [3.8, 4) is 0 Å². The summed E-state index contributed by atoms with van der Waals surface area (Å²) in [5.41, 5.74) is -2.13. The molecule has 0 saturated heterocycles. The van der Waals surface area contributed by atoms with Crippen LogP contribution in [0, 0.1) is 5.82 Å². The minimum atomic E-state index is -4.84. The quantitative estimate of drug-likeness (QED) is 0.509. The minimum absolute atomic E-state index is 0.641. The number of hydrogen-bond acceptors (Lipinski definition) is 1. The molecule has 0 unspecified atom stereocenters. The number of ketones is 1. The van der Waals surface area contributed by atoms with E-state index >= 15 is 0 Å². The molecule has 76 valence electrons. The first-order chi connectivity index (χ1) is 6.34. The summed E-state index contributed by atoms with van der Waals surface area (Å²) in [6, 6.07) is 2.70. The zero-order valence-electron chi connectivity index (χ0n) is 7.15. The van der Waals surface area contributed by atoms with Crippen molar-refractivity contribution < 1.29 is 22.4 Å². The number of alkyl halides is 3. The Labute approximate surface area is 77.3 Å². The fraction of sp³-hybridized carbons (Fsp3) is 0.222. The van der Waals surface area contributed by atoms with Gasteiger partial charge in [0.1, 0.15) is 11.4 Å². The molecule has 0 aliphatic heterocycles. The van der Waals surface area contributed by atoms with Crippen molar-refractivity contribution in [2.75, 3.05) is 0 Å². The monoisotopic (exact) mass is 206 g/mol. The standard InChI is InChI=1S/C9H6F4O/c1-5(14)6-3-2-4-7(10)8(6)9(11,12)13/h2-4H,1H3. The number of hydrogen-bond donors (Lipinski definition) is 0. The van der Waals surface area contributed by atoms with E-state index in [4.69, 9.17) is 0 Å². The van der Waals surface area contributed by atoms with E-state index in [9.17, 15) is 22.4 Å². The highest BCUT2D eigenvalue weighted by molar-refractivity contribution is 5.95. The molecule has 0 heterocycles. The van der Waals surface area contributed by atoms with Gasteiger partial charge < -0.3 is 0 Å². The predicted octanol–water partition coefficient (Wildman–Crippen LogP) is 3.05. The molecule has 14 heavy (non-hydrogen) atoms. The topological polar surface area (TPSA) is 17.1 Å². The molecular weight excluding hydrogens is 200 g/mol. The van der Waals surface area contributed by atoms with E-state index in [1.165, 1.54) is 0 Å². The van der Waals surface area contributed by atoms with Crippen LogP contribution >= 0.6 is 0 Å². The second-order valence-corrected chi connectivity index (χ2v) is 2.72. The molecule has 0 spiro atoms. The predicted molar refractivity (Wildman–Crippen MR) is 41.4 cm³/mol. The fourth-order valence-electron chi connectivity index (χ4n) is 1.11. The van der Waals surface area contributed by atoms with Gasteiger partial charge in [0.05, 0.1) is 0 Å². The Balaban J connectivity index is 3.45. The highest BCUT2D eigenvalue weighted by Gasteiger charge is 2.37. The second-order valence-electron chi connectivity index (χ2n) is 2.72. The molecule has 0 N–H and O–H groups in total. The number of carbonyl (C=O) groups excluding carboxylic acids is 1. The molecule has 1 aromatic rings. The van der Waals surface area contributed by atoms with Crippen LogP contribution in [-0.2, 0) is 6.18 Å². The smallest absolute Gasteiger partial charge is 0.294 e. The van der Waals surface area contributed by atoms with Gasteiger partial charge in [-0.25, -0.2) is 4.39 Å². The summed E-state index contributed by atoms with van der Waals surface area (Å²) in [5, 5.41) is 0. The SMILES string of the molecule is CC(=O)c1cccc(F)c1C(F)(F)F. The summed E-state index contributed by atoms with van der Waals surface area (Å²) in [5.74, 6) is -2.23. The van der Waals surface area contributed by atoms with Crippen LogP contribution in [0.15, 0.2) is 18.2 Å². The first-order valence-corrected chi connectivity index (χ1v) is 3.70. The van der Waals surface area contributed by atoms with Crippen LogP contribution in [-0.4, -0.2) is 5.78 Å². The number of halogens is 4. The number of Topliss-reactive ketones (excluding diaryl/α,β-unsaturated/α-hetero) is 1. The Kier molecular flexibility index (Phi) is 2.59. The van der Waals surface area contributed by atoms with Gasteiger partial charge in [-0.05, 0) is 13.0 Å². The molecule has 1 aromatic carbocycles. The van der Waals surface area contributed by atoms with Crippen LogP contribution in [0.5, 0.6) is 0 Å². The molecule has 0 aliphatic rings. The van der Waals surface area contributed by atoms with Crippen molar-refractivity contribution in [1.29, 1.82) is 0 Å². The molecule has 0 atom stereocenters. The number of rotatable bonds is 1. The summed E-state index contributed by atoms with van der Waals surface area (Å²) < 4.78 is 49.7. The maximum absolute atomic E-state index is 12.8. The van der Waals surface area contributed by atoms with Gasteiger partial charge in [-0.1, -0.05) is 12.1 Å². The van der Waals surface area contributed by atoms with E-state index in [-0.39, 0.29) is 0 Å². The van der Waals surface area contributed by atoms with Gasteiger partial charge in [0.2, 0.25) is 0 Å². The van der Waals surface area contributed by atoms with Crippen LogP contribution in [0.2, 0.25) is 0 Å². The molecule has 0 fully saturated rings. The number of carbonyl (C=O) groups is 1. The Bertz CT molecular complexity index is 368. The van der Waals surface area contributed by atoms with E-state index < -0.39 is 28.9 Å². The van der Waals surface area contributed by atoms with Gasteiger partial charge in [0, 0.05) is 5.56 Å². The summed E-state index contributed by atoms with van der Waals surface area (Å²) in [4.78, 5) is 10.8. The second kappa shape index (κ2) is 3.40. The average Bonchev–Trinajstić information content (AvgIpc) is 2.01. The highest BCUT2D eigenvalue weighted by atomic mass is 19.4. The van der Waals surface area contributed by atoms with Gasteiger partial charge in [-0.15, -0.1) is 0 Å². The lowest BCUT2D eigenvalue weighted by Gasteiger charge is -2.11. The maximum Gasteiger partial charge on any atom is 0.419 e. The van der Waals surface area contributed by atoms with Gasteiger partial charge in [0.15, 0.2) is 5.78 Å². The third-order valence-electron chi connectivity index (χ3n) is 1.68. The summed E-state index contributed by atoms with van der Waals surface area (Å²) in [6.07, 6.45) is -4.84. The fourth-order valence-corrected chi connectivity index (χ4v) is 1.11. The van der Waals surface area contributed by atoms with Crippen LogP contribution in [0.4, 0.5) is 17.6 Å². The lowest BCUT2D eigenvalue weighted by atomic mass is 10.0. The van der Waals surface area contributed by atoms with Gasteiger partial charge >= 0.3 is 6.18 Å². The lowest BCUT2D eigenvalue weighted by Crippen LogP contribution is -2.14. The lowest BCUT2D eigenvalue weighted by molar-refractivity contribution is -0.140. The van der Waals surface area contributed by atoms with Crippen LogP contribution in [0.3, 0.4) is 0 Å². The van der Waals surface area contributed by atoms with Crippen molar-refractivity contribution in [2.24, 2.45) is 0 Å². The van der Waals surface area contributed by atoms with Crippen molar-refractivity contribution in [3.63, 3.8) is 0 Å². The van der Waals surface area contributed by atoms with Crippen molar-refractivity contribution in [2.45, 2.75) is 13.1 Å². The first kappa shape index (κ1) is 10.7. The normalized spacial score (nSPS) is 11.5. The van der Waals surface area contributed by atoms with Gasteiger partial charge in [-0.2, -0.15) is 13.2 Å². The molecule has 0 aliphatic carbocycles. The molecule has 0 amide bonds. The van der Waals surface area contributed by atoms with Gasteiger partial charge in [0.25, 0.3) is 0 Å². The molecule has 0 aromatic heterocycles. The molecule has 1 nitrogen and oxygen atoms in total. The maximum atomic E-state index is 12.8. The van der Waals surface area contributed by atoms with E-state index in [1.807, 2.05) is 0 Å². The Morgan fingerprint density at radius 3 is 2.21 bits per heavy atom. The molecule has 5 heteroatoms. The zero-order valence-corrected chi connectivity index (χ0v) is 7.15. The van der Waals surface area contributed by atoms with E-state index in [0.29, 0.717) is 6.07 Å². The molecule has 1 rings (SSSR count). The molecule has 0 saturated carbocycles. The minimum Gasteiger partial charge on any atom is -0.294 e. The third-order valence-corrected chi connectivity index (χ3v) is 1.68. The largest absolute Gasteiger partial charge is 0.419 e. The number of benzene rings is 1. The average molecular weight is 206 g/mol. The van der Waals surface area contributed by atoms with E-state index in [2.05, 4.69) is 0 Å². The van der Waals surface area contributed by atoms with Gasteiger partial charge in [-0.3, -0.25) is 4.79 Å². The van der Waals surface area contributed by atoms with Crippen molar-refractivity contribution >= 4 is 5.78 Å². The summed E-state index contributed by atoms with van der Waals surface area (Å²) in [6.45, 7) is 0.962. The Morgan fingerprint density at radius 1 is 1.29 bits per heavy atom. The summed E-state index contributed by atoms with van der Waals surface area (Å²) in [7, 11) is 0. The Hall–Kier alpha value is -1.39. The van der Waals surface area contributed by atoms with Crippen molar-refractivity contribution in [3.05, 3.63) is 35.1 Å². The molecule has 0 bridgehead atoms. The highest BCUT2D eigenvalue weighted by Crippen LogP contribution is 2.34. The Morgan fingerprint density at radius 2 is 1.86 bits per heavy atom. The molecule has 0 radical (unpaired) electrons. The van der Waals surface area contributed by atoms with Crippen LogP contribution in [0.1, 0.15) is 22.8 Å². The van der Waals surface area contributed by atoms with E-state index in [1.54, 1.807) is 0 Å². The molecular formula is C9H6F4O. The van der Waals surface area contributed by atoms with Crippen LogP contribution in [0.25, 0.3) is 0 Å².